The highest BCUT2D eigenvalue weighted by atomic mass is 16.2. The lowest BCUT2D eigenvalue weighted by molar-refractivity contribution is 0.0779. The molecule has 1 atom stereocenters. The Hall–Kier alpha value is -2.17. The third-order valence-electron chi connectivity index (χ3n) is 3.80. The molecule has 1 aliphatic heterocycles. The molecule has 1 fully saturated rings. The van der Waals surface area contributed by atoms with Gasteiger partial charge in [-0.05, 0) is 12.0 Å². The summed E-state index contributed by atoms with van der Waals surface area (Å²) in [4.78, 5) is 18.4. The van der Waals surface area contributed by atoms with Crippen LogP contribution in [-0.2, 0) is 6.42 Å². The third-order valence-corrected chi connectivity index (χ3v) is 3.80. The fourth-order valence-corrected chi connectivity index (χ4v) is 2.63. The van der Waals surface area contributed by atoms with Crippen LogP contribution in [0.25, 0.3) is 0 Å². The highest BCUT2D eigenvalue weighted by molar-refractivity contribution is 5.90. The van der Waals surface area contributed by atoms with E-state index in [2.05, 4.69) is 27.3 Å². The summed E-state index contributed by atoms with van der Waals surface area (Å²) in [5, 5.41) is 6.80. The topological polar surface area (TPSA) is 61.9 Å². The van der Waals surface area contributed by atoms with Crippen LogP contribution >= 0.6 is 0 Å². The van der Waals surface area contributed by atoms with Gasteiger partial charge in [-0.25, -0.2) is 4.98 Å². The largest absolute Gasteiger partial charge is 0.335 e. The highest BCUT2D eigenvalue weighted by Crippen LogP contribution is 2.27. The van der Waals surface area contributed by atoms with Crippen LogP contribution in [0.1, 0.15) is 41.3 Å². The summed E-state index contributed by atoms with van der Waals surface area (Å²) < 4.78 is 0. The SMILES string of the molecule is CCc1nc(C(=O)N2CCC(c3ccccc3)C2)n[nH]1. The summed E-state index contributed by atoms with van der Waals surface area (Å²) in [6, 6.07) is 10.4. The van der Waals surface area contributed by atoms with Gasteiger partial charge < -0.3 is 4.90 Å². The van der Waals surface area contributed by atoms with E-state index in [-0.39, 0.29) is 11.7 Å². The maximum atomic E-state index is 12.3. The molecule has 20 heavy (non-hydrogen) atoms. The molecule has 0 spiro atoms. The van der Waals surface area contributed by atoms with E-state index >= 15 is 0 Å². The summed E-state index contributed by atoms with van der Waals surface area (Å²) in [5.41, 5.74) is 1.30. The van der Waals surface area contributed by atoms with Gasteiger partial charge in [0.25, 0.3) is 5.91 Å². The van der Waals surface area contributed by atoms with E-state index in [1.807, 2.05) is 30.0 Å². The number of rotatable bonds is 3. The first kappa shape index (κ1) is 12.8. The second-order valence-corrected chi connectivity index (χ2v) is 5.11. The van der Waals surface area contributed by atoms with Crippen molar-refractivity contribution in [2.75, 3.05) is 13.1 Å². The Morgan fingerprint density at radius 1 is 1.40 bits per heavy atom. The van der Waals surface area contributed by atoms with E-state index in [0.29, 0.717) is 5.92 Å². The number of H-pyrrole nitrogens is 1. The molecule has 1 aliphatic rings. The first-order valence-electron chi connectivity index (χ1n) is 7.03. The Morgan fingerprint density at radius 3 is 2.90 bits per heavy atom. The number of likely N-dealkylation sites (tertiary alicyclic amines) is 1. The zero-order valence-corrected chi connectivity index (χ0v) is 11.5. The molecule has 2 aromatic rings. The van der Waals surface area contributed by atoms with Crippen LogP contribution < -0.4 is 0 Å². The van der Waals surface area contributed by atoms with Crippen molar-refractivity contribution in [3.05, 3.63) is 47.5 Å². The Morgan fingerprint density at radius 2 is 2.20 bits per heavy atom. The minimum Gasteiger partial charge on any atom is -0.335 e. The Balaban J connectivity index is 1.69. The molecule has 1 aromatic heterocycles. The molecule has 0 saturated carbocycles. The van der Waals surface area contributed by atoms with Crippen molar-refractivity contribution in [2.24, 2.45) is 0 Å². The maximum Gasteiger partial charge on any atom is 0.293 e. The second-order valence-electron chi connectivity index (χ2n) is 5.11. The number of aryl methyl sites for hydroxylation is 1. The standard InChI is InChI=1S/C15H18N4O/c1-2-13-16-14(18-17-13)15(20)19-9-8-12(10-19)11-6-4-3-5-7-11/h3-7,12H,2,8-10H2,1H3,(H,16,17,18). The molecule has 5 nitrogen and oxygen atoms in total. The quantitative estimate of drug-likeness (QED) is 0.928. The van der Waals surface area contributed by atoms with Crippen LogP contribution in [0.15, 0.2) is 30.3 Å². The molecule has 0 bridgehead atoms. The van der Waals surface area contributed by atoms with E-state index in [1.54, 1.807) is 0 Å². The van der Waals surface area contributed by atoms with Crippen molar-refractivity contribution in [2.45, 2.75) is 25.7 Å². The van der Waals surface area contributed by atoms with Crippen LogP contribution in [-0.4, -0.2) is 39.1 Å². The number of nitrogens with zero attached hydrogens (tertiary/aromatic N) is 3. The van der Waals surface area contributed by atoms with Gasteiger partial charge in [-0.1, -0.05) is 37.3 Å². The molecule has 5 heteroatoms. The lowest BCUT2D eigenvalue weighted by Gasteiger charge is -2.14. The summed E-state index contributed by atoms with van der Waals surface area (Å²) in [7, 11) is 0. The van der Waals surface area contributed by atoms with Crippen molar-refractivity contribution < 1.29 is 4.79 Å². The average molecular weight is 270 g/mol. The van der Waals surface area contributed by atoms with Gasteiger partial charge in [0.1, 0.15) is 5.82 Å². The molecule has 0 radical (unpaired) electrons. The average Bonchev–Trinajstić information content (AvgIpc) is 3.17. The van der Waals surface area contributed by atoms with Crippen LogP contribution in [0.2, 0.25) is 0 Å². The molecule has 2 heterocycles. The lowest BCUT2D eigenvalue weighted by Crippen LogP contribution is -2.29. The van der Waals surface area contributed by atoms with E-state index in [1.165, 1.54) is 5.56 Å². The van der Waals surface area contributed by atoms with Gasteiger partial charge in [0.15, 0.2) is 0 Å². The molecule has 1 aromatic carbocycles. The lowest BCUT2D eigenvalue weighted by atomic mass is 9.99. The van der Waals surface area contributed by atoms with Crippen molar-refractivity contribution >= 4 is 5.91 Å². The van der Waals surface area contributed by atoms with Crippen LogP contribution in [0.4, 0.5) is 0 Å². The Labute approximate surface area is 118 Å². The number of aromatic amines is 1. The minimum atomic E-state index is -0.0700. The number of carbonyl (C=O) groups is 1. The molecule has 104 valence electrons. The molecular weight excluding hydrogens is 252 g/mol. The number of amides is 1. The minimum absolute atomic E-state index is 0.0700. The first-order chi connectivity index (χ1) is 9.78. The predicted octanol–water partition coefficient (Wildman–Crippen LogP) is 2.00. The normalized spacial score (nSPS) is 18.4. The Kier molecular flexibility index (Phi) is 3.50. The second kappa shape index (κ2) is 5.45. The molecular formula is C15H18N4O. The zero-order chi connectivity index (χ0) is 13.9. The zero-order valence-electron chi connectivity index (χ0n) is 11.5. The number of aromatic nitrogens is 3. The highest BCUT2D eigenvalue weighted by Gasteiger charge is 2.29. The Bertz CT molecular complexity index is 593. The molecule has 1 amide bonds. The summed E-state index contributed by atoms with van der Waals surface area (Å²) in [6.45, 7) is 3.50. The monoisotopic (exact) mass is 270 g/mol. The number of benzene rings is 1. The van der Waals surface area contributed by atoms with Gasteiger partial charge in [-0.2, -0.15) is 0 Å². The number of nitrogens with one attached hydrogen (secondary N) is 1. The molecule has 1 N–H and O–H groups in total. The summed E-state index contributed by atoms with van der Waals surface area (Å²) in [5.74, 6) is 1.40. The number of hydrogen-bond acceptors (Lipinski definition) is 3. The van der Waals surface area contributed by atoms with Gasteiger partial charge in [0.2, 0.25) is 5.82 Å². The van der Waals surface area contributed by atoms with Crippen molar-refractivity contribution in [3.63, 3.8) is 0 Å². The smallest absolute Gasteiger partial charge is 0.293 e. The maximum absolute atomic E-state index is 12.3. The van der Waals surface area contributed by atoms with E-state index in [4.69, 9.17) is 0 Å². The van der Waals surface area contributed by atoms with E-state index < -0.39 is 0 Å². The van der Waals surface area contributed by atoms with Crippen LogP contribution in [0.5, 0.6) is 0 Å². The summed E-state index contributed by atoms with van der Waals surface area (Å²) >= 11 is 0. The van der Waals surface area contributed by atoms with E-state index in [0.717, 1.165) is 31.8 Å². The summed E-state index contributed by atoms with van der Waals surface area (Å²) in [6.07, 6.45) is 1.76. The van der Waals surface area contributed by atoms with Crippen molar-refractivity contribution in [1.29, 1.82) is 0 Å². The number of hydrogen-bond donors (Lipinski definition) is 1. The van der Waals surface area contributed by atoms with Gasteiger partial charge in [0.05, 0.1) is 0 Å². The van der Waals surface area contributed by atoms with Crippen LogP contribution in [0, 0.1) is 0 Å². The third kappa shape index (κ3) is 2.43. The molecule has 1 unspecified atom stereocenters. The molecule has 3 rings (SSSR count). The van der Waals surface area contributed by atoms with Gasteiger partial charge in [-0.15, -0.1) is 5.10 Å². The fourth-order valence-electron chi connectivity index (χ4n) is 2.63. The number of carbonyl (C=O) groups excluding carboxylic acids is 1. The first-order valence-corrected chi connectivity index (χ1v) is 7.03. The van der Waals surface area contributed by atoms with E-state index in [9.17, 15) is 4.79 Å². The van der Waals surface area contributed by atoms with Crippen molar-refractivity contribution in [1.82, 2.24) is 20.1 Å². The van der Waals surface area contributed by atoms with Crippen LogP contribution in [0.3, 0.4) is 0 Å². The van der Waals surface area contributed by atoms with Crippen molar-refractivity contribution in [3.8, 4) is 0 Å². The van der Waals surface area contributed by atoms with Gasteiger partial charge in [0, 0.05) is 25.4 Å². The molecule has 0 aliphatic carbocycles. The predicted molar refractivity (Wildman–Crippen MR) is 75.5 cm³/mol. The fraction of sp³-hybridized carbons (Fsp3) is 0.400. The van der Waals surface area contributed by atoms with Gasteiger partial charge in [-0.3, -0.25) is 9.89 Å². The molecule has 1 saturated heterocycles. The van der Waals surface area contributed by atoms with Gasteiger partial charge >= 0.3 is 0 Å².